The van der Waals surface area contributed by atoms with Crippen LogP contribution in [0.15, 0.2) is 54.6 Å². The van der Waals surface area contributed by atoms with Crippen LogP contribution in [0.1, 0.15) is 18.0 Å². The van der Waals surface area contributed by atoms with Gasteiger partial charge in [-0.15, -0.1) is 5.10 Å². The van der Waals surface area contributed by atoms with Gasteiger partial charge in [0.25, 0.3) is 0 Å². The van der Waals surface area contributed by atoms with Gasteiger partial charge in [-0.1, -0.05) is 47.7 Å². The van der Waals surface area contributed by atoms with Crippen molar-refractivity contribution in [2.75, 3.05) is 0 Å². The second-order valence-corrected chi connectivity index (χ2v) is 5.86. The highest BCUT2D eigenvalue weighted by Gasteiger charge is 2.40. The number of benzene rings is 2. The number of carbonyl (C=O) groups excluding carboxylic acids is 2. The number of rotatable bonds is 6. The fourth-order valence-corrected chi connectivity index (χ4v) is 2.55. The Bertz CT molecular complexity index is 973. The van der Waals surface area contributed by atoms with Crippen LogP contribution >= 0.6 is 0 Å². The molecule has 7 nitrogen and oxygen atoms in total. The van der Waals surface area contributed by atoms with E-state index in [9.17, 15) is 22.8 Å². The van der Waals surface area contributed by atoms with Gasteiger partial charge in [0.15, 0.2) is 6.73 Å². The first-order valence-electron chi connectivity index (χ1n) is 8.21. The van der Waals surface area contributed by atoms with E-state index in [0.717, 1.165) is 0 Å². The molecule has 146 valence electrons. The summed E-state index contributed by atoms with van der Waals surface area (Å²) in [6.45, 7) is -0.256. The van der Waals surface area contributed by atoms with E-state index < -0.39 is 30.5 Å². The number of hydrogen-bond acceptors (Lipinski definition) is 5. The van der Waals surface area contributed by atoms with Gasteiger partial charge >= 0.3 is 18.1 Å². The van der Waals surface area contributed by atoms with Crippen molar-refractivity contribution in [1.29, 1.82) is 0 Å². The number of alkyl halides is 3. The van der Waals surface area contributed by atoms with Gasteiger partial charge in [0.05, 0.1) is 18.0 Å². The largest absolute Gasteiger partial charge is 0.471 e. The lowest BCUT2D eigenvalue weighted by Gasteiger charge is -2.19. The summed E-state index contributed by atoms with van der Waals surface area (Å²) >= 11 is 0. The topological polar surface area (TPSA) is 86.1 Å². The molecule has 0 radical (unpaired) electrons. The summed E-state index contributed by atoms with van der Waals surface area (Å²) in [7, 11) is 0. The maximum absolute atomic E-state index is 12.6. The van der Waals surface area contributed by atoms with Crippen molar-refractivity contribution in [2.24, 2.45) is 0 Å². The Morgan fingerprint density at radius 2 is 1.75 bits per heavy atom. The van der Waals surface area contributed by atoms with E-state index in [-0.39, 0.29) is 6.73 Å². The Morgan fingerprint density at radius 3 is 2.46 bits per heavy atom. The number of hydrogen-bond donors (Lipinski definition) is 1. The van der Waals surface area contributed by atoms with Crippen molar-refractivity contribution >= 4 is 22.9 Å². The van der Waals surface area contributed by atoms with Gasteiger partial charge < -0.3 is 10.1 Å². The highest BCUT2D eigenvalue weighted by molar-refractivity contribution is 5.83. The maximum Gasteiger partial charge on any atom is 0.471 e. The number of fused-ring (bicyclic) bond motifs is 1. The molecule has 0 aliphatic heterocycles. The van der Waals surface area contributed by atoms with Crippen molar-refractivity contribution < 1.29 is 27.5 Å². The smallest absolute Gasteiger partial charge is 0.442 e. The van der Waals surface area contributed by atoms with Gasteiger partial charge in [0.1, 0.15) is 5.52 Å². The van der Waals surface area contributed by atoms with E-state index in [1.165, 1.54) is 16.8 Å². The van der Waals surface area contributed by atoms with Crippen LogP contribution in [0.5, 0.6) is 0 Å². The van der Waals surface area contributed by atoms with Crippen LogP contribution in [-0.4, -0.2) is 33.0 Å². The van der Waals surface area contributed by atoms with Crippen LogP contribution in [0, 0.1) is 0 Å². The van der Waals surface area contributed by atoms with Gasteiger partial charge in [0.2, 0.25) is 0 Å². The molecule has 0 bridgehead atoms. The number of aromatic nitrogens is 3. The first-order valence-corrected chi connectivity index (χ1v) is 8.21. The Morgan fingerprint density at radius 1 is 1.07 bits per heavy atom. The van der Waals surface area contributed by atoms with E-state index in [1.807, 2.05) is 5.32 Å². The average Bonchev–Trinajstić information content (AvgIpc) is 3.09. The van der Waals surface area contributed by atoms with Crippen LogP contribution in [0.25, 0.3) is 11.0 Å². The molecule has 0 unspecified atom stereocenters. The predicted octanol–water partition coefficient (Wildman–Crippen LogP) is 2.74. The lowest BCUT2D eigenvalue weighted by Crippen LogP contribution is -2.40. The maximum atomic E-state index is 12.6. The third kappa shape index (κ3) is 4.64. The molecule has 28 heavy (non-hydrogen) atoms. The molecule has 0 saturated carbocycles. The second-order valence-electron chi connectivity index (χ2n) is 5.86. The van der Waals surface area contributed by atoms with Crippen molar-refractivity contribution in [3.05, 3.63) is 60.2 Å². The number of nitrogens with zero attached hydrogens (tertiary/aromatic N) is 3. The number of ether oxygens (including phenoxy) is 1. The number of esters is 1. The third-order valence-electron chi connectivity index (χ3n) is 3.90. The fraction of sp³-hybridized carbons (Fsp3) is 0.222. The quantitative estimate of drug-likeness (QED) is 0.652. The summed E-state index contributed by atoms with van der Waals surface area (Å²) in [6.07, 6.45) is -5.53. The zero-order valence-electron chi connectivity index (χ0n) is 14.4. The minimum atomic E-state index is -5.06. The molecular weight excluding hydrogens is 377 g/mol. The SMILES string of the molecule is O=C(C[C@@H](NC(=O)C(F)(F)F)c1ccccc1)OCn1nnc2ccccc21. The van der Waals surface area contributed by atoms with Crippen molar-refractivity contribution in [2.45, 2.75) is 25.4 Å². The second kappa shape index (κ2) is 8.07. The summed E-state index contributed by atoms with van der Waals surface area (Å²) in [5, 5.41) is 9.59. The molecule has 0 aliphatic carbocycles. The van der Waals surface area contributed by atoms with Crippen LogP contribution < -0.4 is 5.32 Å². The van der Waals surface area contributed by atoms with Gasteiger partial charge in [0, 0.05) is 0 Å². The number of halogens is 3. The van der Waals surface area contributed by atoms with Gasteiger partial charge in [-0.05, 0) is 17.7 Å². The van der Waals surface area contributed by atoms with E-state index in [4.69, 9.17) is 4.74 Å². The lowest BCUT2D eigenvalue weighted by molar-refractivity contribution is -0.174. The molecule has 2 aromatic carbocycles. The van der Waals surface area contributed by atoms with E-state index in [1.54, 1.807) is 42.5 Å². The molecule has 10 heteroatoms. The first-order chi connectivity index (χ1) is 13.3. The van der Waals surface area contributed by atoms with Crippen LogP contribution in [0.3, 0.4) is 0 Å². The molecule has 1 atom stereocenters. The third-order valence-corrected chi connectivity index (χ3v) is 3.90. The monoisotopic (exact) mass is 392 g/mol. The number of carbonyl (C=O) groups is 2. The summed E-state index contributed by atoms with van der Waals surface area (Å²) in [5.41, 5.74) is 1.60. The van der Waals surface area contributed by atoms with Crippen molar-refractivity contribution in [3.8, 4) is 0 Å². The number of amides is 1. The summed E-state index contributed by atoms with van der Waals surface area (Å²) in [5.74, 6) is -2.92. The van der Waals surface area contributed by atoms with Crippen LogP contribution in [0.2, 0.25) is 0 Å². The molecule has 1 N–H and O–H groups in total. The molecule has 3 aromatic rings. The summed E-state index contributed by atoms with van der Waals surface area (Å²) in [4.78, 5) is 23.5. The Hall–Kier alpha value is -3.43. The molecule has 0 spiro atoms. The van der Waals surface area contributed by atoms with Crippen LogP contribution in [0.4, 0.5) is 13.2 Å². The normalized spacial score (nSPS) is 12.5. The Balaban J connectivity index is 1.67. The van der Waals surface area contributed by atoms with E-state index in [0.29, 0.717) is 16.6 Å². The molecule has 3 rings (SSSR count). The molecule has 0 fully saturated rings. The molecule has 1 heterocycles. The summed E-state index contributed by atoms with van der Waals surface area (Å²) in [6, 6.07) is 13.7. The van der Waals surface area contributed by atoms with Crippen molar-refractivity contribution in [3.63, 3.8) is 0 Å². The fourth-order valence-electron chi connectivity index (χ4n) is 2.55. The average molecular weight is 392 g/mol. The van der Waals surface area contributed by atoms with Gasteiger partial charge in [-0.3, -0.25) is 9.59 Å². The minimum absolute atomic E-state index is 0.256. The van der Waals surface area contributed by atoms with Crippen LogP contribution in [-0.2, 0) is 21.1 Å². The Kier molecular flexibility index (Phi) is 5.57. The minimum Gasteiger partial charge on any atom is -0.442 e. The standard InChI is InChI=1S/C18H15F3N4O3/c19-18(20,21)17(27)22-14(12-6-2-1-3-7-12)10-16(26)28-11-25-15-9-5-4-8-13(15)23-24-25/h1-9,14H,10-11H2,(H,22,27)/t14-/m1/s1. The van der Waals surface area contributed by atoms with E-state index in [2.05, 4.69) is 10.3 Å². The molecular formula is C18H15F3N4O3. The summed E-state index contributed by atoms with van der Waals surface area (Å²) < 4.78 is 44.2. The Labute approximate surface area is 157 Å². The number of nitrogens with one attached hydrogen (secondary N) is 1. The zero-order chi connectivity index (χ0) is 20.1. The first kappa shape index (κ1) is 19.3. The predicted molar refractivity (Wildman–Crippen MR) is 91.6 cm³/mol. The highest BCUT2D eigenvalue weighted by Crippen LogP contribution is 2.21. The van der Waals surface area contributed by atoms with Gasteiger partial charge in [-0.25, -0.2) is 4.68 Å². The van der Waals surface area contributed by atoms with Crippen molar-refractivity contribution in [1.82, 2.24) is 20.3 Å². The molecule has 0 saturated heterocycles. The molecule has 1 amide bonds. The highest BCUT2D eigenvalue weighted by atomic mass is 19.4. The zero-order valence-corrected chi connectivity index (χ0v) is 14.4. The number of para-hydroxylation sites is 1. The van der Waals surface area contributed by atoms with Gasteiger partial charge in [-0.2, -0.15) is 13.2 Å². The lowest BCUT2D eigenvalue weighted by atomic mass is 10.0. The molecule has 0 aliphatic rings. The molecule has 1 aromatic heterocycles. The van der Waals surface area contributed by atoms with E-state index >= 15 is 0 Å².